The summed E-state index contributed by atoms with van der Waals surface area (Å²) in [5.74, 6) is 0.387. The highest BCUT2D eigenvalue weighted by molar-refractivity contribution is 6.09. The van der Waals surface area contributed by atoms with Crippen LogP contribution in [0, 0.1) is 0 Å². The number of rotatable bonds is 5. The van der Waals surface area contributed by atoms with Crippen molar-refractivity contribution in [2.75, 3.05) is 0 Å². The smallest absolute Gasteiger partial charge is 0.228 e. The number of hydrogen-bond donors (Lipinski definition) is 0. The summed E-state index contributed by atoms with van der Waals surface area (Å²) in [6.45, 7) is 2.16. The van der Waals surface area contributed by atoms with Gasteiger partial charge in [0.15, 0.2) is 5.76 Å². The first kappa shape index (κ1) is 13.6. The van der Waals surface area contributed by atoms with E-state index in [1.165, 1.54) is 0 Å². The van der Waals surface area contributed by atoms with Crippen molar-refractivity contribution in [1.82, 2.24) is 0 Å². The fourth-order valence-corrected chi connectivity index (χ4v) is 2.55. The minimum atomic E-state index is -0.0297. The van der Waals surface area contributed by atoms with Crippen molar-refractivity contribution in [2.45, 2.75) is 26.2 Å². The Hall–Kier alpha value is -2.35. The van der Waals surface area contributed by atoms with Crippen molar-refractivity contribution in [2.24, 2.45) is 0 Å². The highest BCUT2D eigenvalue weighted by Crippen LogP contribution is 2.23. The number of carbonyl (C=O) groups is 1. The maximum Gasteiger partial charge on any atom is 0.228 e. The molecule has 21 heavy (non-hydrogen) atoms. The van der Waals surface area contributed by atoms with Gasteiger partial charge in [-0.15, -0.1) is 0 Å². The van der Waals surface area contributed by atoms with E-state index < -0.39 is 0 Å². The van der Waals surface area contributed by atoms with Crippen LogP contribution in [-0.4, -0.2) is 5.78 Å². The largest absolute Gasteiger partial charge is 0.453 e. The minimum Gasteiger partial charge on any atom is -0.453 e. The van der Waals surface area contributed by atoms with Gasteiger partial charge in [0.1, 0.15) is 5.58 Å². The van der Waals surface area contributed by atoms with Crippen LogP contribution in [-0.2, 0) is 6.42 Å². The Morgan fingerprint density at radius 3 is 2.62 bits per heavy atom. The number of fused-ring (bicyclic) bond motifs is 1. The van der Waals surface area contributed by atoms with Gasteiger partial charge >= 0.3 is 0 Å². The number of ketones is 1. The molecule has 0 radical (unpaired) electrons. The maximum atomic E-state index is 12.7. The molecular weight excluding hydrogens is 260 g/mol. The molecule has 0 aliphatic heterocycles. The predicted octanol–water partition coefficient (Wildman–Crippen LogP) is 5.01. The van der Waals surface area contributed by atoms with Gasteiger partial charge in [-0.05, 0) is 30.5 Å². The van der Waals surface area contributed by atoms with E-state index in [-0.39, 0.29) is 5.78 Å². The van der Waals surface area contributed by atoms with Gasteiger partial charge in [-0.2, -0.15) is 0 Å². The van der Waals surface area contributed by atoms with E-state index in [4.69, 9.17) is 4.42 Å². The third-order valence-corrected chi connectivity index (χ3v) is 3.71. The number of carbonyl (C=O) groups excluding carboxylic acids is 1. The number of hydrogen-bond acceptors (Lipinski definition) is 2. The molecule has 0 bridgehead atoms. The first-order chi connectivity index (χ1) is 10.3. The molecule has 0 fully saturated rings. The zero-order chi connectivity index (χ0) is 14.7. The molecule has 3 aromatic rings. The van der Waals surface area contributed by atoms with Gasteiger partial charge in [0.2, 0.25) is 5.78 Å². The molecule has 0 saturated carbocycles. The molecule has 0 unspecified atom stereocenters. The van der Waals surface area contributed by atoms with Gasteiger partial charge in [0, 0.05) is 10.9 Å². The van der Waals surface area contributed by atoms with Crippen LogP contribution >= 0.6 is 0 Å². The fourth-order valence-electron chi connectivity index (χ4n) is 2.55. The summed E-state index contributed by atoms with van der Waals surface area (Å²) in [6.07, 6.45) is 3.14. The average Bonchev–Trinajstić information content (AvgIpc) is 2.96. The van der Waals surface area contributed by atoms with Crippen molar-refractivity contribution < 1.29 is 9.21 Å². The lowest BCUT2D eigenvalue weighted by Gasteiger charge is -2.06. The Morgan fingerprint density at radius 1 is 1.05 bits per heavy atom. The van der Waals surface area contributed by atoms with Crippen molar-refractivity contribution >= 4 is 16.8 Å². The van der Waals surface area contributed by atoms with Crippen LogP contribution in [0.4, 0.5) is 0 Å². The highest BCUT2D eigenvalue weighted by Gasteiger charge is 2.17. The average molecular weight is 278 g/mol. The van der Waals surface area contributed by atoms with E-state index in [9.17, 15) is 4.79 Å². The van der Waals surface area contributed by atoms with Crippen LogP contribution < -0.4 is 0 Å². The standard InChI is InChI=1S/C19H18O2/c1-2-3-8-14-9-4-6-11-16(14)19(20)18-13-15-10-5-7-12-17(15)21-18/h4-7,9-13H,2-3,8H2,1H3. The summed E-state index contributed by atoms with van der Waals surface area (Å²) >= 11 is 0. The topological polar surface area (TPSA) is 30.2 Å². The number of aryl methyl sites for hydroxylation is 1. The third-order valence-electron chi connectivity index (χ3n) is 3.71. The van der Waals surface area contributed by atoms with E-state index in [1.807, 2.05) is 54.6 Å². The lowest BCUT2D eigenvalue weighted by Crippen LogP contribution is -2.04. The van der Waals surface area contributed by atoms with E-state index in [2.05, 4.69) is 6.92 Å². The molecule has 2 nitrogen and oxygen atoms in total. The van der Waals surface area contributed by atoms with Crippen LogP contribution in [0.2, 0.25) is 0 Å². The molecule has 2 aromatic carbocycles. The van der Waals surface area contributed by atoms with E-state index in [0.29, 0.717) is 5.76 Å². The molecule has 0 saturated heterocycles. The number of furan rings is 1. The van der Waals surface area contributed by atoms with Crippen LogP contribution in [0.15, 0.2) is 59.0 Å². The second-order valence-electron chi connectivity index (χ2n) is 5.24. The molecule has 0 aliphatic carbocycles. The Balaban J connectivity index is 1.98. The Bertz CT molecular complexity index is 735. The van der Waals surface area contributed by atoms with E-state index in [0.717, 1.165) is 41.4 Å². The quantitative estimate of drug-likeness (QED) is 0.614. The molecule has 0 atom stereocenters. The van der Waals surface area contributed by atoms with E-state index in [1.54, 1.807) is 0 Å². The first-order valence-corrected chi connectivity index (χ1v) is 7.41. The molecule has 106 valence electrons. The van der Waals surface area contributed by atoms with Crippen LogP contribution in [0.1, 0.15) is 41.4 Å². The number of unbranched alkanes of at least 4 members (excludes halogenated alkanes) is 1. The monoisotopic (exact) mass is 278 g/mol. The predicted molar refractivity (Wildman–Crippen MR) is 84.7 cm³/mol. The van der Waals surface area contributed by atoms with E-state index >= 15 is 0 Å². The molecule has 0 amide bonds. The summed E-state index contributed by atoms with van der Waals surface area (Å²) < 4.78 is 5.69. The molecular formula is C19H18O2. The zero-order valence-electron chi connectivity index (χ0n) is 12.1. The Labute approximate surface area is 124 Å². The number of benzene rings is 2. The molecule has 1 aromatic heterocycles. The van der Waals surface area contributed by atoms with Gasteiger partial charge in [-0.1, -0.05) is 55.8 Å². The summed E-state index contributed by atoms with van der Waals surface area (Å²) in [6, 6.07) is 17.3. The fraction of sp³-hybridized carbons (Fsp3) is 0.211. The molecule has 3 rings (SSSR count). The van der Waals surface area contributed by atoms with Crippen molar-refractivity contribution in [3.8, 4) is 0 Å². The van der Waals surface area contributed by atoms with Crippen LogP contribution in [0.3, 0.4) is 0 Å². The van der Waals surface area contributed by atoms with Crippen LogP contribution in [0.5, 0.6) is 0 Å². The van der Waals surface area contributed by atoms with Gasteiger partial charge < -0.3 is 4.42 Å². The van der Waals surface area contributed by atoms with Gasteiger partial charge in [-0.3, -0.25) is 4.79 Å². The summed E-state index contributed by atoms with van der Waals surface area (Å²) in [5.41, 5.74) is 2.61. The summed E-state index contributed by atoms with van der Waals surface area (Å²) in [4.78, 5) is 12.7. The maximum absolute atomic E-state index is 12.7. The highest BCUT2D eigenvalue weighted by atomic mass is 16.3. The third kappa shape index (κ3) is 2.75. The molecule has 1 heterocycles. The van der Waals surface area contributed by atoms with Crippen LogP contribution in [0.25, 0.3) is 11.0 Å². The molecule has 0 N–H and O–H groups in total. The van der Waals surface area contributed by atoms with Crippen molar-refractivity contribution in [1.29, 1.82) is 0 Å². The lowest BCUT2D eigenvalue weighted by atomic mass is 9.98. The van der Waals surface area contributed by atoms with Gasteiger partial charge in [0.05, 0.1) is 0 Å². The lowest BCUT2D eigenvalue weighted by molar-refractivity contribution is 0.101. The normalized spacial score (nSPS) is 10.9. The first-order valence-electron chi connectivity index (χ1n) is 7.41. The summed E-state index contributed by atoms with van der Waals surface area (Å²) in [5, 5.41) is 0.965. The SMILES string of the molecule is CCCCc1ccccc1C(=O)c1cc2ccccc2o1. The van der Waals surface area contributed by atoms with Gasteiger partial charge in [0.25, 0.3) is 0 Å². The number of para-hydroxylation sites is 1. The molecule has 2 heteroatoms. The minimum absolute atomic E-state index is 0.0297. The zero-order valence-corrected chi connectivity index (χ0v) is 12.1. The second-order valence-corrected chi connectivity index (χ2v) is 5.24. The second kappa shape index (κ2) is 5.96. The Kier molecular flexibility index (Phi) is 3.87. The van der Waals surface area contributed by atoms with Crippen molar-refractivity contribution in [3.05, 3.63) is 71.5 Å². The molecule has 0 aliphatic rings. The summed E-state index contributed by atoms with van der Waals surface area (Å²) in [7, 11) is 0. The Morgan fingerprint density at radius 2 is 1.81 bits per heavy atom. The van der Waals surface area contributed by atoms with Crippen molar-refractivity contribution in [3.63, 3.8) is 0 Å². The van der Waals surface area contributed by atoms with Gasteiger partial charge in [-0.25, -0.2) is 0 Å². The molecule has 0 spiro atoms.